The van der Waals surface area contributed by atoms with Gasteiger partial charge in [-0.25, -0.2) is 0 Å². The highest BCUT2D eigenvalue weighted by Gasteiger charge is 2.40. The molecule has 0 N–H and O–H groups in total. The lowest BCUT2D eigenvalue weighted by Crippen LogP contribution is -2.41. The van der Waals surface area contributed by atoms with Crippen LogP contribution in [0.25, 0.3) is 0 Å². The van der Waals surface area contributed by atoms with Crippen LogP contribution in [0.4, 0.5) is 0 Å². The van der Waals surface area contributed by atoms with Gasteiger partial charge in [-0.3, -0.25) is 4.79 Å². The van der Waals surface area contributed by atoms with Crippen molar-refractivity contribution in [1.29, 1.82) is 0 Å². The van der Waals surface area contributed by atoms with Crippen molar-refractivity contribution in [3.63, 3.8) is 0 Å². The van der Waals surface area contributed by atoms with Gasteiger partial charge in [0.15, 0.2) is 0 Å². The van der Waals surface area contributed by atoms with E-state index in [4.69, 9.17) is 4.74 Å². The Morgan fingerprint density at radius 3 is 2.57 bits per heavy atom. The molecule has 2 unspecified atom stereocenters. The van der Waals surface area contributed by atoms with Gasteiger partial charge >= 0.3 is 5.97 Å². The van der Waals surface area contributed by atoms with Gasteiger partial charge in [0.1, 0.15) is 12.0 Å². The molecule has 1 aromatic carbocycles. The second-order valence-corrected chi connectivity index (χ2v) is 3.91. The zero-order chi connectivity index (χ0) is 10.3. The molecule has 1 saturated heterocycles. The molecular formula is C12H14O2. The summed E-state index contributed by atoms with van der Waals surface area (Å²) >= 11 is 0. The Labute approximate surface area is 83.9 Å². The maximum Gasteiger partial charge on any atom is 0.317 e. The van der Waals surface area contributed by atoms with Crippen LogP contribution in [0.2, 0.25) is 0 Å². The number of carbonyl (C=O) groups is 1. The average Bonchev–Trinajstić information content (AvgIpc) is 2.13. The molecule has 1 aliphatic heterocycles. The van der Waals surface area contributed by atoms with E-state index in [1.165, 1.54) is 11.1 Å². The van der Waals surface area contributed by atoms with E-state index in [1.54, 1.807) is 0 Å². The molecule has 14 heavy (non-hydrogen) atoms. The predicted molar refractivity (Wildman–Crippen MR) is 54.2 cm³/mol. The first-order valence-electron chi connectivity index (χ1n) is 4.88. The van der Waals surface area contributed by atoms with Crippen LogP contribution in [0.1, 0.15) is 29.5 Å². The summed E-state index contributed by atoms with van der Waals surface area (Å²) in [6.07, 6.45) is 0.0306. The second-order valence-electron chi connectivity index (χ2n) is 3.91. The summed E-state index contributed by atoms with van der Waals surface area (Å²) in [5.41, 5.74) is 3.56. The van der Waals surface area contributed by atoms with Crippen molar-refractivity contribution in [3.05, 3.63) is 34.9 Å². The quantitative estimate of drug-likeness (QED) is 0.635. The van der Waals surface area contributed by atoms with Crippen LogP contribution < -0.4 is 0 Å². The highest BCUT2D eigenvalue weighted by Crippen LogP contribution is 2.34. The van der Waals surface area contributed by atoms with Gasteiger partial charge in [0.05, 0.1) is 0 Å². The van der Waals surface area contributed by atoms with Gasteiger partial charge in [0.25, 0.3) is 0 Å². The van der Waals surface area contributed by atoms with E-state index >= 15 is 0 Å². The number of rotatable bonds is 1. The van der Waals surface area contributed by atoms with Crippen LogP contribution in [0.3, 0.4) is 0 Å². The fourth-order valence-electron chi connectivity index (χ4n) is 1.93. The van der Waals surface area contributed by atoms with Crippen molar-refractivity contribution in [3.8, 4) is 0 Å². The number of hydrogen-bond donors (Lipinski definition) is 0. The van der Waals surface area contributed by atoms with Gasteiger partial charge in [-0.05, 0) is 37.5 Å². The standard InChI is InChI=1S/C12H14O2/c1-7-5-4-6-10(8(7)2)11-9(3)14-12(11)13/h4-6,9,11H,1-3H3. The molecule has 0 radical (unpaired) electrons. The predicted octanol–water partition coefficient (Wildman–Crippen LogP) is 2.33. The number of esters is 1. The van der Waals surface area contributed by atoms with Gasteiger partial charge in [0, 0.05) is 0 Å². The minimum atomic E-state index is -0.0915. The Balaban J connectivity index is 2.41. The normalized spacial score (nSPS) is 25.5. The molecule has 0 saturated carbocycles. The number of hydrogen-bond acceptors (Lipinski definition) is 2. The number of cyclic esters (lactones) is 1. The summed E-state index contributed by atoms with van der Waals surface area (Å²) in [7, 11) is 0. The number of aryl methyl sites for hydroxylation is 1. The van der Waals surface area contributed by atoms with Crippen LogP contribution in [0.15, 0.2) is 18.2 Å². The van der Waals surface area contributed by atoms with Crippen LogP contribution in [0, 0.1) is 13.8 Å². The topological polar surface area (TPSA) is 26.3 Å². The molecule has 0 aromatic heterocycles. The Hall–Kier alpha value is -1.31. The molecule has 2 rings (SSSR count). The van der Waals surface area contributed by atoms with E-state index in [9.17, 15) is 4.79 Å². The molecule has 0 bridgehead atoms. The third kappa shape index (κ3) is 1.22. The SMILES string of the molecule is Cc1cccc(C2C(=O)OC2C)c1C. The molecular weight excluding hydrogens is 176 g/mol. The van der Waals surface area contributed by atoms with E-state index in [0.29, 0.717) is 0 Å². The maximum absolute atomic E-state index is 11.3. The van der Waals surface area contributed by atoms with Crippen molar-refractivity contribution in [2.75, 3.05) is 0 Å². The van der Waals surface area contributed by atoms with Gasteiger partial charge in [-0.15, -0.1) is 0 Å². The lowest BCUT2D eigenvalue weighted by Gasteiger charge is -2.33. The van der Waals surface area contributed by atoms with Crippen LogP contribution in [-0.4, -0.2) is 12.1 Å². The molecule has 0 spiro atoms. The van der Waals surface area contributed by atoms with Gasteiger partial charge < -0.3 is 4.74 Å². The molecule has 0 amide bonds. The number of benzene rings is 1. The lowest BCUT2D eigenvalue weighted by molar-refractivity contribution is -0.172. The summed E-state index contributed by atoms with van der Waals surface area (Å²) in [4.78, 5) is 11.3. The van der Waals surface area contributed by atoms with Gasteiger partial charge in [0.2, 0.25) is 0 Å². The highest BCUT2D eigenvalue weighted by atomic mass is 16.6. The van der Waals surface area contributed by atoms with Crippen LogP contribution in [-0.2, 0) is 9.53 Å². The third-order valence-electron chi connectivity index (χ3n) is 3.01. The summed E-state index contributed by atoms with van der Waals surface area (Å²) in [6.45, 7) is 6.06. The third-order valence-corrected chi connectivity index (χ3v) is 3.01. The molecule has 1 heterocycles. The molecule has 0 aliphatic carbocycles. The number of ether oxygens (including phenoxy) is 1. The summed E-state index contributed by atoms with van der Waals surface area (Å²) < 4.78 is 4.96. The largest absolute Gasteiger partial charge is 0.461 e. The van der Waals surface area contributed by atoms with E-state index in [0.717, 1.165) is 5.56 Å². The van der Waals surface area contributed by atoms with E-state index in [2.05, 4.69) is 19.9 Å². The Morgan fingerprint density at radius 2 is 2.00 bits per heavy atom. The lowest BCUT2D eigenvalue weighted by atomic mass is 9.86. The number of carbonyl (C=O) groups excluding carboxylic acids is 1. The summed E-state index contributed by atoms with van der Waals surface area (Å²) in [6, 6.07) is 6.08. The summed E-state index contributed by atoms with van der Waals surface area (Å²) in [5, 5.41) is 0. The molecule has 74 valence electrons. The Bertz CT molecular complexity index is 382. The first-order valence-corrected chi connectivity index (χ1v) is 4.88. The zero-order valence-corrected chi connectivity index (χ0v) is 8.70. The minimum Gasteiger partial charge on any atom is -0.461 e. The second kappa shape index (κ2) is 3.12. The van der Waals surface area contributed by atoms with Crippen molar-refractivity contribution in [2.24, 2.45) is 0 Å². The molecule has 2 nitrogen and oxygen atoms in total. The van der Waals surface area contributed by atoms with E-state index < -0.39 is 0 Å². The molecule has 2 atom stereocenters. The molecule has 1 aliphatic rings. The van der Waals surface area contributed by atoms with Gasteiger partial charge in [-0.2, -0.15) is 0 Å². The van der Waals surface area contributed by atoms with Crippen LogP contribution in [0.5, 0.6) is 0 Å². The minimum absolute atomic E-state index is 0.0306. The highest BCUT2D eigenvalue weighted by molar-refractivity contribution is 5.84. The molecule has 1 aromatic rings. The molecule has 1 fully saturated rings. The van der Waals surface area contributed by atoms with Crippen molar-refractivity contribution >= 4 is 5.97 Å². The van der Waals surface area contributed by atoms with E-state index in [1.807, 2.05) is 19.1 Å². The van der Waals surface area contributed by atoms with Crippen LogP contribution >= 0.6 is 0 Å². The van der Waals surface area contributed by atoms with E-state index in [-0.39, 0.29) is 18.0 Å². The van der Waals surface area contributed by atoms with Crippen molar-refractivity contribution in [1.82, 2.24) is 0 Å². The zero-order valence-electron chi connectivity index (χ0n) is 8.70. The van der Waals surface area contributed by atoms with Gasteiger partial charge in [-0.1, -0.05) is 18.2 Å². The first-order chi connectivity index (χ1) is 6.61. The van der Waals surface area contributed by atoms with Crippen molar-refractivity contribution < 1.29 is 9.53 Å². The first kappa shape index (κ1) is 9.25. The molecule has 2 heteroatoms. The van der Waals surface area contributed by atoms with Crippen molar-refractivity contribution in [2.45, 2.75) is 32.8 Å². The Kier molecular flexibility index (Phi) is 2.06. The monoisotopic (exact) mass is 190 g/mol. The Morgan fingerprint density at radius 1 is 1.29 bits per heavy atom. The maximum atomic E-state index is 11.3. The smallest absolute Gasteiger partial charge is 0.317 e. The fraction of sp³-hybridized carbons (Fsp3) is 0.417. The average molecular weight is 190 g/mol. The fourth-order valence-corrected chi connectivity index (χ4v) is 1.93. The summed E-state index contributed by atoms with van der Waals surface area (Å²) in [5.74, 6) is -0.138.